The minimum absolute atomic E-state index is 0.141. The molecule has 2 amide bonds. The minimum Gasteiger partial charge on any atom is -0.453 e. The largest absolute Gasteiger partial charge is 0.453 e. The summed E-state index contributed by atoms with van der Waals surface area (Å²) in [7, 11) is 1.31. The van der Waals surface area contributed by atoms with Crippen molar-refractivity contribution in [2.24, 2.45) is 0 Å². The monoisotopic (exact) mass is 310 g/mol. The second-order valence-electron chi connectivity index (χ2n) is 5.19. The maximum absolute atomic E-state index is 12.8. The molecule has 1 unspecified atom stereocenters. The number of piperidine rings is 1. The highest BCUT2D eigenvalue weighted by molar-refractivity contribution is 5.85. The van der Waals surface area contributed by atoms with E-state index < -0.39 is 12.1 Å². The molecule has 1 fully saturated rings. The minimum atomic E-state index is -0.539. The number of carbonyl (C=O) groups is 2. The number of aliphatic hydroxyl groups excluding tert-OH is 1. The Morgan fingerprint density at radius 2 is 2.36 bits per heavy atom. The number of nitrogens with one attached hydrogen (secondary N) is 1. The van der Waals surface area contributed by atoms with Gasteiger partial charge in [-0.2, -0.15) is 0 Å². The third-order valence-corrected chi connectivity index (χ3v) is 3.77. The van der Waals surface area contributed by atoms with Gasteiger partial charge in [0.15, 0.2) is 0 Å². The fourth-order valence-electron chi connectivity index (χ4n) is 2.69. The van der Waals surface area contributed by atoms with Crippen LogP contribution in [0.1, 0.15) is 25.1 Å². The predicted octanol–water partition coefficient (Wildman–Crippen LogP) is 0.351. The van der Waals surface area contributed by atoms with Crippen molar-refractivity contribution >= 4 is 12.0 Å². The molecule has 2 rings (SSSR count). The third-order valence-electron chi connectivity index (χ3n) is 3.77. The van der Waals surface area contributed by atoms with Gasteiger partial charge >= 0.3 is 6.09 Å². The van der Waals surface area contributed by atoms with Crippen LogP contribution in [-0.4, -0.2) is 69.7 Å². The van der Waals surface area contributed by atoms with Gasteiger partial charge in [0, 0.05) is 25.5 Å². The highest BCUT2D eigenvalue weighted by atomic mass is 16.5. The summed E-state index contributed by atoms with van der Waals surface area (Å²) in [6.45, 7) is 0.844. The number of ether oxygens (including phenoxy) is 1. The van der Waals surface area contributed by atoms with Gasteiger partial charge in [-0.05, 0) is 19.3 Å². The lowest BCUT2D eigenvalue weighted by Gasteiger charge is -2.36. The number of likely N-dealkylation sites (tertiary alicyclic amines) is 1. The summed E-state index contributed by atoms with van der Waals surface area (Å²) in [4.78, 5) is 34.6. The molecule has 2 heterocycles. The van der Waals surface area contributed by atoms with Gasteiger partial charge < -0.3 is 19.7 Å². The summed E-state index contributed by atoms with van der Waals surface area (Å²) in [5, 5.41) is 9.20. The molecule has 1 atom stereocenters. The van der Waals surface area contributed by atoms with Gasteiger partial charge in [-0.1, -0.05) is 0 Å². The summed E-state index contributed by atoms with van der Waals surface area (Å²) in [5.74, 6) is 0.456. The number of aromatic nitrogens is 2. The fourth-order valence-corrected chi connectivity index (χ4v) is 2.69. The number of imidazole rings is 1. The lowest BCUT2D eigenvalue weighted by Crippen LogP contribution is -2.53. The molecule has 8 nitrogen and oxygen atoms in total. The van der Waals surface area contributed by atoms with Crippen LogP contribution in [-0.2, 0) is 16.1 Å². The van der Waals surface area contributed by atoms with Crippen molar-refractivity contribution in [2.75, 3.05) is 26.8 Å². The number of aromatic amines is 1. The Morgan fingerprint density at radius 3 is 3.00 bits per heavy atom. The molecule has 0 spiro atoms. The van der Waals surface area contributed by atoms with Crippen molar-refractivity contribution in [1.82, 2.24) is 19.8 Å². The Morgan fingerprint density at radius 1 is 1.55 bits per heavy atom. The van der Waals surface area contributed by atoms with Crippen LogP contribution in [0.5, 0.6) is 0 Å². The molecule has 0 bridgehead atoms. The molecule has 1 aromatic heterocycles. The van der Waals surface area contributed by atoms with E-state index in [4.69, 9.17) is 4.74 Å². The zero-order chi connectivity index (χ0) is 15.9. The number of carbonyl (C=O) groups excluding carboxylic acids is 2. The van der Waals surface area contributed by atoms with Crippen LogP contribution in [0.25, 0.3) is 0 Å². The summed E-state index contributed by atoms with van der Waals surface area (Å²) < 4.78 is 4.76. The summed E-state index contributed by atoms with van der Waals surface area (Å²) in [5.41, 5.74) is 0. The summed E-state index contributed by atoms with van der Waals surface area (Å²) in [6, 6.07) is -0.539. The van der Waals surface area contributed by atoms with E-state index in [1.54, 1.807) is 12.4 Å². The first kappa shape index (κ1) is 16.3. The van der Waals surface area contributed by atoms with Crippen LogP contribution in [0.2, 0.25) is 0 Å². The molecule has 122 valence electrons. The molecule has 1 aliphatic rings. The van der Waals surface area contributed by atoms with Crippen molar-refractivity contribution in [3.63, 3.8) is 0 Å². The quantitative estimate of drug-likeness (QED) is 0.817. The van der Waals surface area contributed by atoms with Gasteiger partial charge in [0.1, 0.15) is 11.9 Å². The van der Waals surface area contributed by atoms with Gasteiger partial charge in [-0.25, -0.2) is 9.78 Å². The van der Waals surface area contributed by atoms with E-state index in [-0.39, 0.29) is 25.6 Å². The molecular formula is C14H22N4O4. The fraction of sp³-hybridized carbons (Fsp3) is 0.643. The number of amides is 2. The molecule has 8 heteroatoms. The van der Waals surface area contributed by atoms with Gasteiger partial charge in [0.05, 0.1) is 20.3 Å². The first-order valence-corrected chi connectivity index (χ1v) is 7.40. The molecule has 0 saturated carbocycles. The topological polar surface area (TPSA) is 98.8 Å². The van der Waals surface area contributed by atoms with Crippen molar-refractivity contribution in [3.8, 4) is 0 Å². The van der Waals surface area contributed by atoms with Crippen LogP contribution >= 0.6 is 0 Å². The summed E-state index contributed by atoms with van der Waals surface area (Å²) in [6.07, 6.45) is 5.15. The predicted molar refractivity (Wildman–Crippen MR) is 77.8 cm³/mol. The molecule has 1 saturated heterocycles. The van der Waals surface area contributed by atoms with Crippen LogP contribution in [0.15, 0.2) is 12.4 Å². The van der Waals surface area contributed by atoms with Crippen LogP contribution < -0.4 is 0 Å². The zero-order valence-corrected chi connectivity index (χ0v) is 12.7. The van der Waals surface area contributed by atoms with Gasteiger partial charge in [-0.15, -0.1) is 0 Å². The Hall–Kier alpha value is -2.09. The van der Waals surface area contributed by atoms with Gasteiger partial charge in [0.2, 0.25) is 5.91 Å². The number of aliphatic hydroxyl groups is 1. The van der Waals surface area contributed by atoms with Crippen molar-refractivity contribution < 1.29 is 19.4 Å². The average molecular weight is 310 g/mol. The third kappa shape index (κ3) is 3.76. The molecule has 0 aromatic carbocycles. The normalized spacial score (nSPS) is 18.1. The SMILES string of the molecule is COC(=O)N1CCCCC1C(=O)N(CCO)Cc1ncc[nH]1. The Kier molecular flexibility index (Phi) is 5.76. The van der Waals surface area contributed by atoms with Crippen LogP contribution in [0, 0.1) is 0 Å². The van der Waals surface area contributed by atoms with E-state index in [2.05, 4.69) is 9.97 Å². The van der Waals surface area contributed by atoms with Crippen LogP contribution in [0.4, 0.5) is 4.79 Å². The lowest BCUT2D eigenvalue weighted by atomic mass is 10.0. The van der Waals surface area contributed by atoms with E-state index in [1.165, 1.54) is 16.9 Å². The van der Waals surface area contributed by atoms with E-state index in [9.17, 15) is 14.7 Å². The van der Waals surface area contributed by atoms with Gasteiger partial charge in [-0.3, -0.25) is 9.69 Å². The maximum atomic E-state index is 12.8. The number of rotatable bonds is 5. The average Bonchev–Trinajstić information content (AvgIpc) is 3.06. The summed E-state index contributed by atoms with van der Waals surface area (Å²) >= 11 is 0. The Labute approximate surface area is 129 Å². The second-order valence-corrected chi connectivity index (χ2v) is 5.19. The van der Waals surface area contributed by atoms with Gasteiger partial charge in [0.25, 0.3) is 0 Å². The number of H-pyrrole nitrogens is 1. The first-order chi connectivity index (χ1) is 10.7. The lowest BCUT2D eigenvalue weighted by molar-refractivity contribution is -0.138. The zero-order valence-electron chi connectivity index (χ0n) is 12.7. The van der Waals surface area contributed by atoms with Crippen LogP contribution in [0.3, 0.4) is 0 Å². The number of nitrogens with zero attached hydrogens (tertiary/aromatic N) is 3. The van der Waals surface area contributed by atoms with E-state index in [0.717, 1.165) is 12.8 Å². The standard InChI is InChI=1S/C14H22N4O4/c1-22-14(21)18-7-3-2-4-11(18)13(20)17(8-9-19)10-12-15-5-6-16-12/h5-6,11,19H,2-4,7-10H2,1H3,(H,15,16). The molecule has 1 aliphatic heterocycles. The molecular weight excluding hydrogens is 288 g/mol. The maximum Gasteiger partial charge on any atom is 0.410 e. The number of hydrogen-bond acceptors (Lipinski definition) is 5. The first-order valence-electron chi connectivity index (χ1n) is 7.40. The molecule has 1 aromatic rings. The molecule has 2 N–H and O–H groups in total. The molecule has 22 heavy (non-hydrogen) atoms. The van der Waals surface area contributed by atoms with E-state index >= 15 is 0 Å². The number of hydrogen-bond donors (Lipinski definition) is 2. The smallest absolute Gasteiger partial charge is 0.410 e. The van der Waals surface area contributed by atoms with Crippen molar-refractivity contribution in [1.29, 1.82) is 0 Å². The number of methoxy groups -OCH3 is 1. The second kappa shape index (κ2) is 7.79. The van der Waals surface area contributed by atoms with Crippen molar-refractivity contribution in [3.05, 3.63) is 18.2 Å². The van der Waals surface area contributed by atoms with E-state index in [0.29, 0.717) is 18.8 Å². The van der Waals surface area contributed by atoms with Crippen molar-refractivity contribution in [2.45, 2.75) is 31.8 Å². The Balaban J connectivity index is 2.11. The van der Waals surface area contributed by atoms with E-state index in [1.807, 2.05) is 0 Å². The highest BCUT2D eigenvalue weighted by Crippen LogP contribution is 2.20. The highest BCUT2D eigenvalue weighted by Gasteiger charge is 2.35. The Bertz CT molecular complexity index is 491. The molecule has 0 aliphatic carbocycles. The molecule has 0 radical (unpaired) electrons.